The fraction of sp³-hybridized carbons (Fsp3) is 0.400. The Morgan fingerprint density at radius 2 is 2.33 bits per heavy atom. The fourth-order valence-electron chi connectivity index (χ4n) is 2.87. The van der Waals surface area contributed by atoms with Gasteiger partial charge in [-0.2, -0.15) is 0 Å². The molecule has 3 rings (SSSR count). The Balaban J connectivity index is 1.98. The van der Waals surface area contributed by atoms with E-state index < -0.39 is 10.9 Å². The lowest BCUT2D eigenvalue weighted by molar-refractivity contribution is -0.384. The fourth-order valence-corrected chi connectivity index (χ4v) is 3.93. The summed E-state index contributed by atoms with van der Waals surface area (Å²) in [6.07, 6.45) is 3.23. The standard InChI is InChI=1S/C15H16N4O4S/c1-9-12(15(20)23-2)17-14(24-9)11-6-4-8-18(11)13-10(19(21)22)5-3-7-16-13/h3,5,7,11H,4,6,8H2,1-2H3/t11-/m0/s1. The minimum atomic E-state index is -0.469. The van der Waals surface area contributed by atoms with Crippen LogP contribution >= 0.6 is 11.3 Å². The molecule has 1 atom stereocenters. The Hall–Kier alpha value is -2.55. The molecular formula is C15H16N4O4S. The van der Waals surface area contributed by atoms with E-state index in [9.17, 15) is 14.9 Å². The van der Waals surface area contributed by atoms with Gasteiger partial charge in [0.2, 0.25) is 5.82 Å². The van der Waals surface area contributed by atoms with Gasteiger partial charge < -0.3 is 9.64 Å². The number of thiazole rings is 1. The van der Waals surface area contributed by atoms with E-state index in [2.05, 4.69) is 9.97 Å². The molecule has 1 fully saturated rings. The van der Waals surface area contributed by atoms with Crippen molar-refractivity contribution in [2.45, 2.75) is 25.8 Å². The van der Waals surface area contributed by atoms with E-state index >= 15 is 0 Å². The quantitative estimate of drug-likeness (QED) is 0.476. The summed E-state index contributed by atoms with van der Waals surface area (Å²) in [6, 6.07) is 2.88. The predicted octanol–water partition coefficient (Wildman–Crippen LogP) is 2.88. The van der Waals surface area contributed by atoms with Gasteiger partial charge in [-0.1, -0.05) is 0 Å². The third-order valence-corrected chi connectivity index (χ3v) is 5.04. The van der Waals surface area contributed by atoms with E-state index in [0.29, 0.717) is 18.1 Å². The highest BCUT2D eigenvalue weighted by atomic mass is 32.1. The number of esters is 1. The van der Waals surface area contributed by atoms with E-state index in [0.717, 1.165) is 22.7 Å². The summed E-state index contributed by atoms with van der Waals surface area (Å²) in [5.41, 5.74) is 0.283. The van der Waals surface area contributed by atoms with Gasteiger partial charge in [0.05, 0.1) is 18.1 Å². The number of nitrogens with zero attached hydrogens (tertiary/aromatic N) is 4. The minimum absolute atomic E-state index is 0.0223. The van der Waals surface area contributed by atoms with Crippen LogP contribution in [-0.4, -0.2) is 34.5 Å². The zero-order valence-electron chi connectivity index (χ0n) is 13.3. The van der Waals surface area contributed by atoms with Crippen LogP contribution in [0.4, 0.5) is 11.5 Å². The lowest BCUT2D eigenvalue weighted by Gasteiger charge is -2.23. The van der Waals surface area contributed by atoms with Crippen LogP contribution in [0.2, 0.25) is 0 Å². The molecule has 2 aromatic heterocycles. The third-order valence-electron chi connectivity index (χ3n) is 3.96. The second-order valence-electron chi connectivity index (χ2n) is 5.40. The number of hydrogen-bond acceptors (Lipinski definition) is 8. The molecule has 0 radical (unpaired) electrons. The minimum Gasteiger partial charge on any atom is -0.464 e. The monoisotopic (exact) mass is 348 g/mol. The zero-order chi connectivity index (χ0) is 17.3. The van der Waals surface area contributed by atoms with Crippen molar-refractivity contribution in [3.8, 4) is 0 Å². The summed E-state index contributed by atoms with van der Waals surface area (Å²) in [5, 5.41) is 12.0. The second-order valence-corrected chi connectivity index (χ2v) is 6.64. The van der Waals surface area contributed by atoms with Gasteiger partial charge >= 0.3 is 11.7 Å². The van der Waals surface area contributed by atoms with Crippen LogP contribution in [0.15, 0.2) is 18.3 Å². The van der Waals surface area contributed by atoms with Crippen molar-refractivity contribution in [3.63, 3.8) is 0 Å². The molecule has 24 heavy (non-hydrogen) atoms. The molecule has 0 spiro atoms. The number of nitro groups is 1. The number of aromatic nitrogens is 2. The molecule has 0 aromatic carbocycles. The summed E-state index contributed by atoms with van der Waals surface area (Å²) in [4.78, 5) is 33.9. The van der Waals surface area contributed by atoms with Crippen LogP contribution in [0.3, 0.4) is 0 Å². The highest BCUT2D eigenvalue weighted by molar-refractivity contribution is 7.12. The molecule has 0 unspecified atom stereocenters. The van der Waals surface area contributed by atoms with Crippen molar-refractivity contribution in [2.75, 3.05) is 18.6 Å². The number of carbonyl (C=O) groups is 1. The topological polar surface area (TPSA) is 98.5 Å². The van der Waals surface area contributed by atoms with Crippen molar-refractivity contribution in [2.24, 2.45) is 0 Å². The largest absolute Gasteiger partial charge is 0.464 e. The highest BCUT2D eigenvalue weighted by Crippen LogP contribution is 2.40. The van der Waals surface area contributed by atoms with Crippen molar-refractivity contribution in [3.05, 3.63) is 44.0 Å². The Labute approximate surface area is 142 Å². The van der Waals surface area contributed by atoms with Crippen LogP contribution in [0, 0.1) is 17.0 Å². The van der Waals surface area contributed by atoms with E-state index in [4.69, 9.17) is 4.74 Å². The third kappa shape index (κ3) is 2.82. The van der Waals surface area contributed by atoms with E-state index in [1.54, 1.807) is 12.3 Å². The lowest BCUT2D eigenvalue weighted by Crippen LogP contribution is -2.24. The van der Waals surface area contributed by atoms with Crippen LogP contribution in [0.5, 0.6) is 0 Å². The van der Waals surface area contributed by atoms with Crippen molar-refractivity contribution < 1.29 is 14.5 Å². The average molecular weight is 348 g/mol. The first-order chi connectivity index (χ1) is 11.5. The number of pyridine rings is 1. The van der Waals surface area contributed by atoms with E-state index in [1.165, 1.54) is 24.5 Å². The van der Waals surface area contributed by atoms with Gasteiger partial charge in [0.1, 0.15) is 5.01 Å². The maximum Gasteiger partial charge on any atom is 0.357 e. The van der Waals surface area contributed by atoms with Gasteiger partial charge in [-0.25, -0.2) is 14.8 Å². The molecule has 1 aliphatic heterocycles. The van der Waals surface area contributed by atoms with Crippen molar-refractivity contribution >= 4 is 28.8 Å². The highest BCUT2D eigenvalue weighted by Gasteiger charge is 2.34. The van der Waals surface area contributed by atoms with Gasteiger partial charge in [-0.15, -0.1) is 11.3 Å². The van der Waals surface area contributed by atoms with Gasteiger partial charge in [0.25, 0.3) is 0 Å². The molecule has 1 aliphatic rings. The number of rotatable bonds is 4. The number of hydrogen-bond donors (Lipinski definition) is 0. The zero-order valence-corrected chi connectivity index (χ0v) is 14.1. The second kappa shape index (κ2) is 6.52. The van der Waals surface area contributed by atoms with Crippen LogP contribution in [0.25, 0.3) is 0 Å². The molecule has 3 heterocycles. The van der Waals surface area contributed by atoms with Crippen LogP contribution in [0.1, 0.15) is 39.3 Å². The normalized spacial score (nSPS) is 17.1. The SMILES string of the molecule is COC(=O)c1nc([C@@H]2CCCN2c2ncccc2[N+](=O)[O-])sc1C. The van der Waals surface area contributed by atoms with E-state index in [-0.39, 0.29) is 11.7 Å². The number of ether oxygens (including phenoxy) is 1. The number of methoxy groups -OCH3 is 1. The van der Waals surface area contributed by atoms with Crippen LogP contribution < -0.4 is 4.90 Å². The molecule has 2 aromatic rings. The van der Waals surface area contributed by atoms with Gasteiger partial charge in [0.15, 0.2) is 5.69 Å². The van der Waals surface area contributed by atoms with Crippen molar-refractivity contribution in [1.82, 2.24) is 9.97 Å². The number of carbonyl (C=O) groups excluding carboxylic acids is 1. The summed E-state index contributed by atoms with van der Waals surface area (Å²) >= 11 is 1.42. The molecule has 8 nitrogen and oxygen atoms in total. The van der Waals surface area contributed by atoms with Gasteiger partial charge in [0, 0.05) is 23.7 Å². The van der Waals surface area contributed by atoms with E-state index in [1.807, 2.05) is 11.8 Å². The van der Waals surface area contributed by atoms with Gasteiger partial charge in [-0.05, 0) is 25.8 Å². The first-order valence-corrected chi connectivity index (χ1v) is 8.26. The summed E-state index contributed by atoms with van der Waals surface area (Å²) < 4.78 is 4.75. The lowest BCUT2D eigenvalue weighted by atomic mass is 10.2. The molecule has 0 amide bonds. The molecule has 0 N–H and O–H groups in total. The maximum absolute atomic E-state index is 11.8. The molecular weight excluding hydrogens is 332 g/mol. The molecule has 0 aliphatic carbocycles. The molecule has 9 heteroatoms. The van der Waals surface area contributed by atoms with Gasteiger partial charge in [-0.3, -0.25) is 10.1 Å². The van der Waals surface area contributed by atoms with Crippen LogP contribution in [-0.2, 0) is 4.74 Å². The van der Waals surface area contributed by atoms with Crippen molar-refractivity contribution in [1.29, 1.82) is 0 Å². The number of aryl methyl sites for hydroxylation is 1. The molecule has 0 bridgehead atoms. The smallest absolute Gasteiger partial charge is 0.357 e. The maximum atomic E-state index is 11.8. The predicted molar refractivity (Wildman–Crippen MR) is 88.4 cm³/mol. The Kier molecular flexibility index (Phi) is 4.43. The first kappa shape index (κ1) is 16.3. The molecule has 0 saturated carbocycles. The Morgan fingerprint density at radius 3 is 3.04 bits per heavy atom. The number of anilines is 1. The average Bonchev–Trinajstić information content (AvgIpc) is 3.20. The first-order valence-electron chi connectivity index (χ1n) is 7.44. The summed E-state index contributed by atoms with van der Waals surface area (Å²) in [7, 11) is 1.32. The molecule has 126 valence electrons. The summed E-state index contributed by atoms with van der Waals surface area (Å²) in [6.45, 7) is 2.48. The molecule has 1 saturated heterocycles. The Morgan fingerprint density at radius 1 is 1.54 bits per heavy atom. The summed E-state index contributed by atoms with van der Waals surface area (Å²) in [5.74, 6) is -0.124. The Bertz CT molecular complexity index is 792.